The van der Waals surface area contributed by atoms with Crippen LogP contribution in [0.1, 0.15) is 24.8 Å². The van der Waals surface area contributed by atoms with Gasteiger partial charge >= 0.3 is 5.97 Å². The highest BCUT2D eigenvalue weighted by molar-refractivity contribution is 5.90. The van der Waals surface area contributed by atoms with Crippen molar-refractivity contribution >= 4 is 17.8 Å². The van der Waals surface area contributed by atoms with E-state index in [4.69, 9.17) is 0 Å². The van der Waals surface area contributed by atoms with Gasteiger partial charge in [-0.05, 0) is 30.4 Å². The van der Waals surface area contributed by atoms with E-state index < -0.39 is 5.97 Å². The topological polar surface area (TPSA) is 60.9 Å². The number of nitrogens with zero attached hydrogens (tertiary/aromatic N) is 2. The number of aldehydes is 1. The molecule has 0 bridgehead atoms. The predicted octanol–water partition coefficient (Wildman–Crippen LogP) is 2.05. The molecule has 122 valence electrons. The number of hydrazine groups is 1. The van der Waals surface area contributed by atoms with Gasteiger partial charge in [-0.3, -0.25) is 0 Å². The molecule has 2 aliphatic heterocycles. The number of aliphatic carboxylic acids is 1. The molecule has 5 heteroatoms. The lowest BCUT2D eigenvalue weighted by Gasteiger charge is -2.31. The maximum Gasteiger partial charge on any atom is 0.328 e. The van der Waals surface area contributed by atoms with Crippen LogP contribution in [0.5, 0.6) is 0 Å². The van der Waals surface area contributed by atoms with Gasteiger partial charge in [0.2, 0.25) is 0 Å². The van der Waals surface area contributed by atoms with Crippen LogP contribution in [0.25, 0.3) is 5.57 Å². The Bertz CT molecular complexity index is 600. The summed E-state index contributed by atoms with van der Waals surface area (Å²) in [6.45, 7) is 2.57. The predicted molar refractivity (Wildman–Crippen MR) is 87.5 cm³/mol. The van der Waals surface area contributed by atoms with Crippen LogP contribution in [0.3, 0.4) is 0 Å². The van der Waals surface area contributed by atoms with E-state index in [1.54, 1.807) is 0 Å². The molecule has 0 aliphatic carbocycles. The lowest BCUT2D eigenvalue weighted by Crippen LogP contribution is -2.44. The van der Waals surface area contributed by atoms with Crippen LogP contribution in [0.15, 0.2) is 36.4 Å². The van der Waals surface area contributed by atoms with E-state index in [1.165, 1.54) is 6.08 Å². The molecule has 3 rings (SSSR count). The third-order valence-corrected chi connectivity index (χ3v) is 4.78. The standard InChI is InChI=1S/C18H22N2O3/c21-13-16-7-4-9-20(16)19-10-8-15(12-19)17(11-18(22)23)14-5-2-1-3-6-14/h1-3,5-6,11,13,15-16H,4,7-10,12H2,(H,22,23)/t15?,16-/m0/s1. The molecule has 5 nitrogen and oxygen atoms in total. The summed E-state index contributed by atoms with van der Waals surface area (Å²) in [5.74, 6) is -0.726. The number of benzene rings is 1. The highest BCUT2D eigenvalue weighted by atomic mass is 16.4. The van der Waals surface area contributed by atoms with Crippen LogP contribution >= 0.6 is 0 Å². The van der Waals surface area contributed by atoms with Gasteiger partial charge in [-0.1, -0.05) is 30.3 Å². The molecule has 2 aliphatic rings. The number of carboxylic acid groups (broad SMARTS) is 1. The van der Waals surface area contributed by atoms with Crippen molar-refractivity contribution in [2.45, 2.75) is 25.3 Å². The molecule has 0 radical (unpaired) electrons. The molecule has 2 fully saturated rings. The van der Waals surface area contributed by atoms with E-state index >= 15 is 0 Å². The van der Waals surface area contributed by atoms with Crippen molar-refractivity contribution in [1.82, 2.24) is 10.0 Å². The number of rotatable bonds is 5. The normalized spacial score (nSPS) is 26.5. The third-order valence-electron chi connectivity index (χ3n) is 4.78. The smallest absolute Gasteiger partial charge is 0.328 e. The fourth-order valence-corrected chi connectivity index (χ4v) is 3.70. The first-order valence-corrected chi connectivity index (χ1v) is 8.16. The second-order valence-electron chi connectivity index (χ2n) is 6.21. The van der Waals surface area contributed by atoms with Crippen LogP contribution < -0.4 is 0 Å². The molecule has 1 unspecified atom stereocenters. The van der Waals surface area contributed by atoms with E-state index in [-0.39, 0.29) is 12.0 Å². The van der Waals surface area contributed by atoms with Gasteiger partial charge in [-0.2, -0.15) is 0 Å². The van der Waals surface area contributed by atoms with E-state index in [0.29, 0.717) is 0 Å². The van der Waals surface area contributed by atoms with Crippen molar-refractivity contribution in [3.63, 3.8) is 0 Å². The summed E-state index contributed by atoms with van der Waals surface area (Å²) in [4.78, 5) is 22.4. The number of carbonyl (C=O) groups is 2. The van der Waals surface area contributed by atoms with Crippen molar-refractivity contribution in [3.8, 4) is 0 Å². The number of carbonyl (C=O) groups excluding carboxylic acids is 1. The summed E-state index contributed by atoms with van der Waals surface area (Å²) >= 11 is 0. The van der Waals surface area contributed by atoms with Crippen molar-refractivity contribution in [2.75, 3.05) is 19.6 Å². The van der Waals surface area contributed by atoms with Gasteiger partial charge < -0.3 is 9.90 Å². The molecule has 2 heterocycles. The van der Waals surface area contributed by atoms with Gasteiger partial charge in [0.1, 0.15) is 6.29 Å². The van der Waals surface area contributed by atoms with E-state index in [1.807, 2.05) is 30.3 Å². The van der Waals surface area contributed by atoms with E-state index in [2.05, 4.69) is 10.0 Å². The first-order chi connectivity index (χ1) is 11.2. The van der Waals surface area contributed by atoms with Crippen LogP contribution in [0, 0.1) is 5.92 Å². The molecule has 23 heavy (non-hydrogen) atoms. The first kappa shape index (κ1) is 15.9. The summed E-state index contributed by atoms with van der Waals surface area (Å²) in [6.07, 6.45) is 5.24. The highest BCUT2D eigenvalue weighted by Gasteiger charge is 2.35. The molecule has 1 aromatic rings. The zero-order valence-electron chi connectivity index (χ0n) is 13.1. The van der Waals surface area contributed by atoms with Crippen molar-refractivity contribution < 1.29 is 14.7 Å². The van der Waals surface area contributed by atoms with Crippen LogP contribution in [-0.4, -0.2) is 53.1 Å². The van der Waals surface area contributed by atoms with E-state index in [0.717, 1.165) is 56.3 Å². The summed E-state index contributed by atoms with van der Waals surface area (Å²) in [5, 5.41) is 13.6. The minimum Gasteiger partial charge on any atom is -0.478 e. The van der Waals surface area contributed by atoms with Crippen LogP contribution in [0.2, 0.25) is 0 Å². The highest BCUT2D eigenvalue weighted by Crippen LogP contribution is 2.33. The second kappa shape index (κ2) is 7.06. The number of hydrogen-bond acceptors (Lipinski definition) is 4. The quantitative estimate of drug-likeness (QED) is 0.666. The summed E-state index contributed by atoms with van der Waals surface area (Å²) in [5.41, 5.74) is 1.84. The average Bonchev–Trinajstić information content (AvgIpc) is 3.21. The molecule has 0 spiro atoms. The van der Waals surface area contributed by atoms with Gasteiger partial charge in [0, 0.05) is 31.6 Å². The first-order valence-electron chi connectivity index (χ1n) is 8.16. The van der Waals surface area contributed by atoms with Crippen molar-refractivity contribution in [2.24, 2.45) is 5.92 Å². The maximum absolute atomic E-state index is 11.2. The SMILES string of the molecule is O=C[C@@H]1CCCN1N1CCC(C(=CC(=O)O)c2ccccc2)C1. The molecule has 0 amide bonds. The molecule has 2 saturated heterocycles. The second-order valence-corrected chi connectivity index (χ2v) is 6.21. The monoisotopic (exact) mass is 314 g/mol. The van der Waals surface area contributed by atoms with Crippen LogP contribution in [0.4, 0.5) is 0 Å². The number of hydrogen-bond donors (Lipinski definition) is 1. The number of carboxylic acids is 1. The Morgan fingerprint density at radius 1 is 1.17 bits per heavy atom. The summed E-state index contributed by atoms with van der Waals surface area (Å²) in [6, 6.07) is 9.70. The zero-order chi connectivity index (χ0) is 16.2. The van der Waals surface area contributed by atoms with Crippen LogP contribution in [-0.2, 0) is 9.59 Å². The Balaban J connectivity index is 1.77. The average molecular weight is 314 g/mol. The molecule has 1 aromatic carbocycles. The van der Waals surface area contributed by atoms with E-state index in [9.17, 15) is 14.7 Å². The Morgan fingerprint density at radius 2 is 1.96 bits per heavy atom. The largest absolute Gasteiger partial charge is 0.478 e. The fraction of sp³-hybridized carbons (Fsp3) is 0.444. The Hall–Kier alpha value is -1.98. The molecular weight excluding hydrogens is 292 g/mol. The minimum atomic E-state index is -0.908. The summed E-state index contributed by atoms with van der Waals surface area (Å²) in [7, 11) is 0. The van der Waals surface area contributed by atoms with Crippen molar-refractivity contribution in [1.29, 1.82) is 0 Å². The van der Waals surface area contributed by atoms with Gasteiger partial charge in [0.25, 0.3) is 0 Å². The van der Waals surface area contributed by atoms with Gasteiger partial charge in [-0.25, -0.2) is 14.8 Å². The van der Waals surface area contributed by atoms with Gasteiger partial charge in [-0.15, -0.1) is 0 Å². The Kier molecular flexibility index (Phi) is 4.88. The molecule has 0 aromatic heterocycles. The lowest BCUT2D eigenvalue weighted by atomic mass is 9.91. The maximum atomic E-state index is 11.2. The lowest BCUT2D eigenvalue weighted by molar-refractivity contribution is -0.131. The molecule has 2 atom stereocenters. The minimum absolute atomic E-state index is 0.0163. The van der Waals surface area contributed by atoms with Crippen molar-refractivity contribution in [3.05, 3.63) is 42.0 Å². The molecular formula is C18H22N2O3. The Morgan fingerprint density at radius 3 is 2.65 bits per heavy atom. The molecule has 1 N–H and O–H groups in total. The van der Waals surface area contributed by atoms with Gasteiger partial charge in [0.05, 0.1) is 6.04 Å². The Labute approximate surface area is 136 Å². The summed E-state index contributed by atoms with van der Waals surface area (Å²) < 4.78 is 0. The fourth-order valence-electron chi connectivity index (χ4n) is 3.70. The molecule has 0 saturated carbocycles. The zero-order valence-corrected chi connectivity index (χ0v) is 13.1. The van der Waals surface area contributed by atoms with Gasteiger partial charge in [0.15, 0.2) is 0 Å². The third kappa shape index (κ3) is 3.51.